The van der Waals surface area contributed by atoms with Crippen molar-refractivity contribution in [1.82, 2.24) is 4.90 Å². The summed E-state index contributed by atoms with van der Waals surface area (Å²) in [4.78, 5) is 14.6. The van der Waals surface area contributed by atoms with Gasteiger partial charge < -0.3 is 9.47 Å². The highest BCUT2D eigenvalue weighted by atomic mass is 16.6. The first-order valence-corrected chi connectivity index (χ1v) is 11.6. The lowest BCUT2D eigenvalue weighted by atomic mass is 10.1. The minimum atomic E-state index is -0.404. The van der Waals surface area contributed by atoms with Gasteiger partial charge in [0.25, 0.3) is 0 Å². The van der Waals surface area contributed by atoms with Crippen molar-refractivity contribution in [2.75, 3.05) is 31.6 Å². The highest BCUT2D eigenvalue weighted by Crippen LogP contribution is 2.18. The second-order valence-corrected chi connectivity index (χ2v) is 8.20. The van der Waals surface area contributed by atoms with Crippen LogP contribution in [0.4, 0.5) is 10.5 Å². The lowest BCUT2D eigenvalue weighted by Crippen LogP contribution is -2.37. The van der Waals surface area contributed by atoms with E-state index in [4.69, 9.17) is 9.47 Å². The van der Waals surface area contributed by atoms with E-state index in [1.165, 1.54) is 57.8 Å². The van der Waals surface area contributed by atoms with E-state index in [-0.39, 0.29) is 6.10 Å². The van der Waals surface area contributed by atoms with Crippen molar-refractivity contribution in [1.29, 1.82) is 0 Å². The van der Waals surface area contributed by atoms with Gasteiger partial charge in [0.15, 0.2) is 0 Å². The second kappa shape index (κ2) is 14.3. The Morgan fingerprint density at radius 1 is 1.07 bits per heavy atom. The minimum Gasteiger partial charge on any atom is -0.494 e. The summed E-state index contributed by atoms with van der Waals surface area (Å²) in [5.41, 5.74) is 0.706. The van der Waals surface area contributed by atoms with Crippen molar-refractivity contribution < 1.29 is 14.3 Å². The highest BCUT2D eigenvalue weighted by Gasteiger charge is 2.16. The Morgan fingerprint density at radius 3 is 2.55 bits per heavy atom. The number of piperidine rings is 1. The van der Waals surface area contributed by atoms with E-state index in [0.29, 0.717) is 12.3 Å². The average molecular weight is 405 g/mol. The molecule has 164 valence electrons. The number of rotatable bonds is 13. The van der Waals surface area contributed by atoms with E-state index in [1.807, 2.05) is 31.2 Å². The molecular weight excluding hydrogens is 364 g/mol. The molecule has 1 heterocycles. The van der Waals surface area contributed by atoms with E-state index in [0.717, 1.165) is 31.8 Å². The van der Waals surface area contributed by atoms with Gasteiger partial charge in [-0.3, -0.25) is 10.2 Å². The molecular formula is C24H40N2O3. The van der Waals surface area contributed by atoms with Crippen LogP contribution in [0.3, 0.4) is 0 Å². The largest absolute Gasteiger partial charge is 0.494 e. The molecule has 1 aromatic rings. The van der Waals surface area contributed by atoms with Crippen molar-refractivity contribution in [2.45, 2.75) is 84.2 Å². The monoisotopic (exact) mass is 404 g/mol. The lowest BCUT2D eigenvalue weighted by molar-refractivity contribution is 0.0833. The van der Waals surface area contributed by atoms with Crippen LogP contribution in [0, 0.1) is 0 Å². The van der Waals surface area contributed by atoms with Crippen LogP contribution < -0.4 is 10.1 Å². The number of hydrogen-bond donors (Lipinski definition) is 1. The van der Waals surface area contributed by atoms with Gasteiger partial charge in [-0.05, 0) is 51.4 Å². The van der Waals surface area contributed by atoms with E-state index in [9.17, 15) is 4.79 Å². The van der Waals surface area contributed by atoms with Gasteiger partial charge in [-0.15, -0.1) is 0 Å². The zero-order valence-corrected chi connectivity index (χ0v) is 18.5. The fourth-order valence-corrected chi connectivity index (χ4v) is 3.79. The predicted molar refractivity (Wildman–Crippen MR) is 120 cm³/mol. The number of unbranched alkanes of at least 4 members (excludes halogenated alkanes) is 6. The van der Waals surface area contributed by atoms with Crippen LogP contribution in [0.15, 0.2) is 24.3 Å². The van der Waals surface area contributed by atoms with Crippen LogP contribution in [0.25, 0.3) is 0 Å². The van der Waals surface area contributed by atoms with E-state index in [2.05, 4.69) is 17.1 Å². The zero-order chi connectivity index (χ0) is 20.7. The Balaban J connectivity index is 1.63. The fourth-order valence-electron chi connectivity index (χ4n) is 3.79. The quantitative estimate of drug-likeness (QED) is 0.395. The van der Waals surface area contributed by atoms with Crippen LogP contribution in [0.5, 0.6) is 5.75 Å². The Labute approximate surface area is 177 Å². The molecule has 0 radical (unpaired) electrons. The van der Waals surface area contributed by atoms with Crippen LogP contribution in [0.2, 0.25) is 0 Å². The lowest BCUT2D eigenvalue weighted by Gasteiger charge is -2.28. The Hall–Kier alpha value is -1.75. The summed E-state index contributed by atoms with van der Waals surface area (Å²) in [6, 6.07) is 7.54. The van der Waals surface area contributed by atoms with Crippen molar-refractivity contribution in [3.05, 3.63) is 24.3 Å². The number of carbonyl (C=O) groups is 1. The number of carbonyl (C=O) groups excluding carboxylic acids is 1. The summed E-state index contributed by atoms with van der Waals surface area (Å²) in [6.45, 7) is 7.92. The number of likely N-dealkylation sites (tertiary alicyclic amines) is 1. The first-order chi connectivity index (χ1) is 14.2. The van der Waals surface area contributed by atoms with Crippen molar-refractivity contribution in [3.63, 3.8) is 0 Å². The van der Waals surface area contributed by atoms with Gasteiger partial charge in [-0.25, -0.2) is 4.79 Å². The van der Waals surface area contributed by atoms with E-state index < -0.39 is 6.09 Å². The first-order valence-electron chi connectivity index (χ1n) is 11.6. The standard InChI is InChI=1S/C24H40N2O3/c1-3-4-5-6-7-8-12-18-28-23-15-13-14-22(19-23)25-24(27)29-21(2)20-26-16-10-9-11-17-26/h13-15,19,21H,3-12,16-18,20H2,1-2H3,(H,25,27)/t21-/m0/s1. The summed E-state index contributed by atoms with van der Waals surface area (Å²) in [5.74, 6) is 0.787. The molecule has 1 aromatic carbocycles. The third-order valence-electron chi connectivity index (χ3n) is 5.37. The molecule has 1 fully saturated rings. The number of nitrogens with one attached hydrogen (secondary N) is 1. The third-order valence-corrected chi connectivity index (χ3v) is 5.37. The Kier molecular flexibility index (Phi) is 11.6. The van der Waals surface area contributed by atoms with Gasteiger partial charge in [0.05, 0.1) is 6.61 Å². The summed E-state index contributed by atoms with van der Waals surface area (Å²) < 4.78 is 11.4. The molecule has 1 aliphatic heterocycles. The molecule has 0 spiro atoms. The number of hydrogen-bond acceptors (Lipinski definition) is 4. The Bertz CT molecular complexity index is 573. The maximum atomic E-state index is 12.2. The molecule has 5 nitrogen and oxygen atoms in total. The van der Waals surface area contributed by atoms with Crippen molar-refractivity contribution in [2.24, 2.45) is 0 Å². The summed E-state index contributed by atoms with van der Waals surface area (Å²) in [6.07, 6.45) is 12.1. The second-order valence-electron chi connectivity index (χ2n) is 8.20. The normalized spacial score (nSPS) is 15.7. The number of ether oxygens (including phenoxy) is 2. The van der Waals surface area contributed by atoms with Crippen molar-refractivity contribution in [3.8, 4) is 5.75 Å². The molecule has 29 heavy (non-hydrogen) atoms. The predicted octanol–water partition coefficient (Wildman–Crippen LogP) is 6.24. The van der Waals surface area contributed by atoms with E-state index >= 15 is 0 Å². The summed E-state index contributed by atoms with van der Waals surface area (Å²) >= 11 is 0. The summed E-state index contributed by atoms with van der Waals surface area (Å²) in [7, 11) is 0. The SMILES string of the molecule is CCCCCCCCCOc1cccc(NC(=O)O[C@@H](C)CN2CCCCC2)c1. The number of amides is 1. The Morgan fingerprint density at radius 2 is 1.79 bits per heavy atom. The van der Waals surface area contributed by atoms with Gasteiger partial charge in [0.2, 0.25) is 0 Å². The van der Waals surface area contributed by atoms with Gasteiger partial charge in [0, 0.05) is 18.3 Å². The van der Waals surface area contributed by atoms with Crippen LogP contribution in [-0.2, 0) is 4.74 Å². The van der Waals surface area contributed by atoms with E-state index in [1.54, 1.807) is 0 Å². The fraction of sp³-hybridized carbons (Fsp3) is 0.708. The topological polar surface area (TPSA) is 50.8 Å². The highest BCUT2D eigenvalue weighted by molar-refractivity contribution is 5.84. The molecule has 1 N–H and O–H groups in total. The maximum Gasteiger partial charge on any atom is 0.411 e. The van der Waals surface area contributed by atoms with Crippen LogP contribution >= 0.6 is 0 Å². The number of anilines is 1. The van der Waals surface area contributed by atoms with Gasteiger partial charge in [0.1, 0.15) is 11.9 Å². The molecule has 1 atom stereocenters. The molecule has 0 saturated carbocycles. The molecule has 1 saturated heterocycles. The molecule has 1 amide bonds. The average Bonchev–Trinajstić information content (AvgIpc) is 2.71. The number of benzene rings is 1. The smallest absolute Gasteiger partial charge is 0.411 e. The molecule has 0 aliphatic carbocycles. The molecule has 0 aromatic heterocycles. The van der Waals surface area contributed by atoms with Crippen molar-refractivity contribution >= 4 is 11.8 Å². The molecule has 0 bridgehead atoms. The first kappa shape index (κ1) is 23.5. The van der Waals surface area contributed by atoms with Crippen LogP contribution in [0.1, 0.15) is 78.1 Å². The van der Waals surface area contributed by atoms with Crippen LogP contribution in [-0.4, -0.2) is 43.3 Å². The molecule has 5 heteroatoms. The van der Waals surface area contributed by atoms with Gasteiger partial charge >= 0.3 is 6.09 Å². The molecule has 2 rings (SSSR count). The molecule has 0 unspecified atom stereocenters. The third kappa shape index (κ3) is 10.6. The van der Waals surface area contributed by atoms with Gasteiger partial charge in [-0.2, -0.15) is 0 Å². The number of nitrogens with zero attached hydrogens (tertiary/aromatic N) is 1. The zero-order valence-electron chi connectivity index (χ0n) is 18.5. The minimum absolute atomic E-state index is 0.121. The molecule has 1 aliphatic rings. The van der Waals surface area contributed by atoms with Gasteiger partial charge in [-0.1, -0.05) is 57.9 Å². The maximum absolute atomic E-state index is 12.2. The summed E-state index contributed by atoms with van der Waals surface area (Å²) in [5, 5.41) is 2.82.